The van der Waals surface area contributed by atoms with Crippen molar-refractivity contribution in [2.24, 2.45) is 0 Å². The molecule has 5 nitrogen and oxygen atoms in total. The van der Waals surface area contributed by atoms with E-state index in [9.17, 15) is 9.59 Å². The second kappa shape index (κ2) is 5.43. The zero-order valence-electron chi connectivity index (χ0n) is 10.1. The highest BCUT2D eigenvalue weighted by Crippen LogP contribution is 2.33. The van der Waals surface area contributed by atoms with E-state index in [2.05, 4.69) is 10.3 Å². The number of nitrogens with one attached hydrogen (secondary N) is 2. The summed E-state index contributed by atoms with van der Waals surface area (Å²) in [4.78, 5) is 25.7. The minimum atomic E-state index is -0.912. The van der Waals surface area contributed by atoms with Crippen molar-refractivity contribution in [3.63, 3.8) is 0 Å². The number of halogens is 2. The van der Waals surface area contributed by atoms with Crippen LogP contribution in [-0.4, -0.2) is 27.5 Å². The van der Waals surface area contributed by atoms with Crippen molar-refractivity contribution >= 4 is 35.1 Å². The van der Waals surface area contributed by atoms with E-state index in [0.717, 1.165) is 12.8 Å². The Balaban J connectivity index is 2.13. The normalized spacial score (nSPS) is 17.4. The lowest BCUT2D eigenvalue weighted by molar-refractivity contribution is -0.138. The molecule has 1 fully saturated rings. The number of carboxylic acid groups (broad SMARTS) is 1. The molecule has 0 unspecified atom stereocenters. The molecule has 104 valence electrons. The fraction of sp³-hybridized carbons (Fsp3) is 0.500. The lowest BCUT2D eigenvalue weighted by Crippen LogP contribution is -2.47. The van der Waals surface area contributed by atoms with Crippen LogP contribution in [0.2, 0.25) is 10.2 Å². The number of rotatable bonds is 4. The average Bonchev–Trinajstić information content (AvgIpc) is 2.87. The number of hydrogen-bond donors (Lipinski definition) is 3. The van der Waals surface area contributed by atoms with Crippen LogP contribution in [0.1, 0.15) is 42.6 Å². The average molecular weight is 305 g/mol. The zero-order chi connectivity index (χ0) is 14.0. The minimum Gasteiger partial charge on any atom is -0.481 e. The van der Waals surface area contributed by atoms with E-state index in [1.807, 2.05) is 0 Å². The van der Waals surface area contributed by atoms with Gasteiger partial charge in [0.2, 0.25) is 0 Å². The van der Waals surface area contributed by atoms with Gasteiger partial charge in [-0.25, -0.2) is 0 Å². The molecule has 1 amide bonds. The second-order valence-electron chi connectivity index (χ2n) is 4.86. The van der Waals surface area contributed by atoms with Crippen LogP contribution in [0.15, 0.2) is 6.07 Å². The number of carbonyl (C=O) groups excluding carboxylic acids is 1. The fourth-order valence-electron chi connectivity index (χ4n) is 2.52. The van der Waals surface area contributed by atoms with Crippen molar-refractivity contribution in [3.8, 4) is 0 Å². The molecule has 7 heteroatoms. The molecule has 0 bridgehead atoms. The van der Waals surface area contributed by atoms with Gasteiger partial charge in [-0.05, 0) is 18.9 Å². The van der Waals surface area contributed by atoms with E-state index < -0.39 is 11.5 Å². The Morgan fingerprint density at radius 1 is 1.37 bits per heavy atom. The standard InChI is InChI=1S/C12H14Cl2N2O3/c13-7-5-8(15-10(7)14)11(19)16-12(6-9(17)18)3-1-2-4-12/h5,15H,1-4,6H2,(H,16,19)(H,17,18). The Hall–Kier alpha value is -1.20. The van der Waals surface area contributed by atoms with Crippen molar-refractivity contribution in [2.45, 2.75) is 37.6 Å². The molecule has 0 atom stereocenters. The minimum absolute atomic E-state index is 0.0685. The Morgan fingerprint density at radius 3 is 2.47 bits per heavy atom. The first-order chi connectivity index (χ1) is 8.92. The van der Waals surface area contributed by atoms with Gasteiger partial charge < -0.3 is 15.4 Å². The van der Waals surface area contributed by atoms with Crippen LogP contribution < -0.4 is 5.32 Å². The van der Waals surface area contributed by atoms with Crippen LogP contribution in [0, 0.1) is 0 Å². The third-order valence-electron chi connectivity index (χ3n) is 3.40. The summed E-state index contributed by atoms with van der Waals surface area (Å²) in [6, 6.07) is 1.43. The van der Waals surface area contributed by atoms with Crippen molar-refractivity contribution in [1.82, 2.24) is 10.3 Å². The van der Waals surface area contributed by atoms with Gasteiger partial charge in [0, 0.05) is 0 Å². The molecule has 3 N–H and O–H groups in total. The molecule has 2 rings (SSSR count). The van der Waals surface area contributed by atoms with Crippen LogP contribution in [0.4, 0.5) is 0 Å². The molecular formula is C12H14Cl2N2O3. The van der Waals surface area contributed by atoms with Crippen molar-refractivity contribution in [3.05, 3.63) is 21.9 Å². The molecule has 1 aromatic heterocycles. The van der Waals surface area contributed by atoms with E-state index in [1.54, 1.807) is 0 Å². The van der Waals surface area contributed by atoms with E-state index >= 15 is 0 Å². The molecule has 1 aromatic rings. The lowest BCUT2D eigenvalue weighted by Gasteiger charge is -2.28. The maximum absolute atomic E-state index is 12.1. The molecule has 0 aromatic carbocycles. The Morgan fingerprint density at radius 2 is 2.00 bits per heavy atom. The first kappa shape index (κ1) is 14.2. The predicted molar refractivity (Wildman–Crippen MR) is 71.7 cm³/mol. The second-order valence-corrected chi connectivity index (χ2v) is 5.64. The lowest BCUT2D eigenvalue weighted by atomic mass is 9.93. The van der Waals surface area contributed by atoms with Gasteiger partial charge in [0.25, 0.3) is 5.91 Å². The maximum atomic E-state index is 12.1. The first-order valence-electron chi connectivity index (χ1n) is 6.00. The molecule has 1 heterocycles. The summed E-state index contributed by atoms with van der Waals surface area (Å²) >= 11 is 11.5. The largest absolute Gasteiger partial charge is 0.481 e. The SMILES string of the molecule is O=C(O)CC1(NC(=O)c2cc(Cl)c(Cl)[nH]2)CCCC1. The summed E-state index contributed by atoms with van der Waals surface area (Å²) in [7, 11) is 0. The first-order valence-corrected chi connectivity index (χ1v) is 6.76. The summed E-state index contributed by atoms with van der Waals surface area (Å²) in [5, 5.41) is 12.3. The summed E-state index contributed by atoms with van der Waals surface area (Å²) in [5.74, 6) is -1.29. The monoisotopic (exact) mass is 304 g/mol. The topological polar surface area (TPSA) is 82.2 Å². The number of aliphatic carboxylic acids is 1. The van der Waals surface area contributed by atoms with E-state index in [1.165, 1.54) is 6.07 Å². The molecular weight excluding hydrogens is 291 g/mol. The Kier molecular flexibility index (Phi) is 4.06. The summed E-state index contributed by atoms with van der Waals surface area (Å²) in [5.41, 5.74) is -0.417. The number of hydrogen-bond acceptors (Lipinski definition) is 2. The van der Waals surface area contributed by atoms with E-state index in [-0.39, 0.29) is 28.2 Å². The zero-order valence-corrected chi connectivity index (χ0v) is 11.6. The molecule has 0 radical (unpaired) electrons. The fourth-order valence-corrected chi connectivity index (χ4v) is 2.83. The highest BCUT2D eigenvalue weighted by Gasteiger charge is 2.37. The number of aromatic nitrogens is 1. The van der Waals surface area contributed by atoms with Crippen molar-refractivity contribution < 1.29 is 14.7 Å². The maximum Gasteiger partial charge on any atom is 0.305 e. The van der Waals surface area contributed by atoms with Gasteiger partial charge in [0.15, 0.2) is 0 Å². The summed E-state index contributed by atoms with van der Waals surface area (Å²) in [6.45, 7) is 0. The molecule has 1 aliphatic rings. The van der Waals surface area contributed by atoms with Crippen molar-refractivity contribution in [1.29, 1.82) is 0 Å². The van der Waals surface area contributed by atoms with Gasteiger partial charge in [0.05, 0.1) is 17.0 Å². The van der Waals surface area contributed by atoms with Crippen LogP contribution >= 0.6 is 23.2 Å². The summed E-state index contributed by atoms with van der Waals surface area (Å²) < 4.78 is 0. The van der Waals surface area contributed by atoms with Gasteiger partial charge in [-0.3, -0.25) is 9.59 Å². The van der Waals surface area contributed by atoms with Gasteiger partial charge in [-0.1, -0.05) is 36.0 Å². The highest BCUT2D eigenvalue weighted by molar-refractivity contribution is 6.41. The molecule has 1 saturated carbocycles. The van der Waals surface area contributed by atoms with Gasteiger partial charge in [0.1, 0.15) is 10.8 Å². The third-order valence-corrected chi connectivity index (χ3v) is 4.09. The van der Waals surface area contributed by atoms with E-state index in [4.69, 9.17) is 28.3 Å². The van der Waals surface area contributed by atoms with Crippen LogP contribution in [0.5, 0.6) is 0 Å². The van der Waals surface area contributed by atoms with E-state index in [0.29, 0.717) is 12.8 Å². The molecule has 19 heavy (non-hydrogen) atoms. The molecule has 0 spiro atoms. The van der Waals surface area contributed by atoms with Gasteiger partial charge in [-0.15, -0.1) is 0 Å². The predicted octanol–water partition coefficient (Wildman–Crippen LogP) is 2.84. The summed E-state index contributed by atoms with van der Waals surface area (Å²) in [6.07, 6.45) is 3.11. The molecule has 1 aliphatic carbocycles. The highest BCUT2D eigenvalue weighted by atomic mass is 35.5. The number of carboxylic acids is 1. The molecule has 0 aliphatic heterocycles. The van der Waals surface area contributed by atoms with Crippen LogP contribution in [0.3, 0.4) is 0 Å². The Labute approximate surface area is 120 Å². The van der Waals surface area contributed by atoms with Crippen LogP contribution in [0.25, 0.3) is 0 Å². The Bertz CT molecular complexity index is 488. The number of carbonyl (C=O) groups is 2. The number of aromatic amines is 1. The third kappa shape index (κ3) is 3.22. The van der Waals surface area contributed by atoms with Crippen LogP contribution in [-0.2, 0) is 4.79 Å². The number of amides is 1. The molecule has 0 saturated heterocycles. The smallest absolute Gasteiger partial charge is 0.305 e. The van der Waals surface area contributed by atoms with Crippen molar-refractivity contribution in [2.75, 3.05) is 0 Å². The quantitative estimate of drug-likeness (QED) is 0.800. The van der Waals surface area contributed by atoms with Gasteiger partial charge >= 0.3 is 5.97 Å². The number of H-pyrrole nitrogens is 1. The van der Waals surface area contributed by atoms with Gasteiger partial charge in [-0.2, -0.15) is 0 Å².